The van der Waals surface area contributed by atoms with Gasteiger partial charge in [-0.15, -0.1) is 0 Å². The fraction of sp³-hybridized carbons (Fsp3) is 0.643. The molecule has 1 unspecified atom stereocenters. The van der Waals surface area contributed by atoms with Crippen molar-refractivity contribution in [3.05, 3.63) is 23.5 Å². The van der Waals surface area contributed by atoms with E-state index in [1.807, 2.05) is 26.0 Å². The highest BCUT2D eigenvalue weighted by Crippen LogP contribution is 2.17. The Kier molecular flexibility index (Phi) is 7.40. The van der Waals surface area contributed by atoms with Crippen LogP contribution in [0.15, 0.2) is 12.1 Å². The minimum atomic E-state index is -0.435. The van der Waals surface area contributed by atoms with Gasteiger partial charge in [-0.3, -0.25) is 4.98 Å². The second kappa shape index (κ2) is 8.85. The second-order valence-corrected chi connectivity index (χ2v) is 4.44. The fourth-order valence-electron chi connectivity index (χ4n) is 1.54. The van der Waals surface area contributed by atoms with Crippen LogP contribution in [0, 0.1) is 6.92 Å². The Morgan fingerprint density at radius 2 is 2.21 bits per heavy atom. The number of nitrogens with one attached hydrogen (secondary N) is 1. The molecule has 0 bridgehead atoms. The predicted molar refractivity (Wildman–Crippen MR) is 74.3 cm³/mol. The zero-order valence-electron chi connectivity index (χ0n) is 12.0. The number of hydrogen-bond acceptors (Lipinski definition) is 5. The number of aliphatic hydroxyl groups is 1. The Labute approximate surface area is 115 Å². The van der Waals surface area contributed by atoms with Crippen molar-refractivity contribution < 1.29 is 14.6 Å². The lowest BCUT2D eigenvalue weighted by atomic mass is 10.2. The molecule has 5 nitrogen and oxygen atoms in total. The van der Waals surface area contributed by atoms with E-state index < -0.39 is 6.10 Å². The summed E-state index contributed by atoms with van der Waals surface area (Å²) in [5.41, 5.74) is 1.81. The first kappa shape index (κ1) is 15.9. The van der Waals surface area contributed by atoms with Gasteiger partial charge >= 0.3 is 0 Å². The smallest absolute Gasteiger partial charge is 0.142 e. The summed E-state index contributed by atoms with van der Waals surface area (Å²) >= 11 is 0. The van der Waals surface area contributed by atoms with Gasteiger partial charge in [0.25, 0.3) is 0 Å². The molecule has 2 N–H and O–H groups in total. The van der Waals surface area contributed by atoms with E-state index in [9.17, 15) is 5.11 Å². The predicted octanol–water partition coefficient (Wildman–Crippen LogP) is 1.28. The summed E-state index contributed by atoms with van der Waals surface area (Å²) in [5.74, 6) is 0.725. The molecule has 19 heavy (non-hydrogen) atoms. The van der Waals surface area contributed by atoms with E-state index in [0.717, 1.165) is 23.7 Å². The number of hydrogen-bond donors (Lipinski definition) is 2. The summed E-state index contributed by atoms with van der Waals surface area (Å²) in [4.78, 5) is 4.46. The first-order valence-electron chi connectivity index (χ1n) is 6.64. The minimum absolute atomic E-state index is 0.298. The van der Waals surface area contributed by atoms with E-state index in [2.05, 4.69) is 10.3 Å². The normalized spacial score (nSPS) is 12.4. The molecule has 0 saturated carbocycles. The molecule has 1 aromatic heterocycles. The number of rotatable bonds is 9. The average molecular weight is 268 g/mol. The third-order valence-corrected chi connectivity index (χ3v) is 2.75. The third-order valence-electron chi connectivity index (χ3n) is 2.75. The Morgan fingerprint density at radius 1 is 1.42 bits per heavy atom. The highest BCUT2D eigenvalue weighted by molar-refractivity contribution is 5.29. The van der Waals surface area contributed by atoms with Gasteiger partial charge in [-0.1, -0.05) is 6.92 Å². The number of pyridine rings is 1. The Balaban J connectivity index is 2.58. The van der Waals surface area contributed by atoms with E-state index >= 15 is 0 Å². The van der Waals surface area contributed by atoms with Crippen molar-refractivity contribution in [2.75, 3.05) is 26.9 Å². The van der Waals surface area contributed by atoms with Crippen LogP contribution in [-0.4, -0.2) is 43.1 Å². The fourth-order valence-corrected chi connectivity index (χ4v) is 1.54. The number of aryl methyl sites for hydroxylation is 1. The maximum Gasteiger partial charge on any atom is 0.142 e. The van der Waals surface area contributed by atoms with Gasteiger partial charge in [0.15, 0.2) is 0 Å². The van der Waals surface area contributed by atoms with Gasteiger partial charge in [0.1, 0.15) is 12.4 Å². The molecule has 0 saturated heterocycles. The van der Waals surface area contributed by atoms with Gasteiger partial charge in [0.2, 0.25) is 0 Å². The first-order chi connectivity index (χ1) is 9.17. The molecule has 0 aliphatic carbocycles. The number of ether oxygens (including phenoxy) is 2. The van der Waals surface area contributed by atoms with E-state index in [1.165, 1.54) is 0 Å². The highest BCUT2D eigenvalue weighted by Gasteiger charge is 2.08. The average Bonchev–Trinajstić information content (AvgIpc) is 2.42. The molecule has 0 aliphatic heterocycles. The molecule has 0 radical (unpaired) electrons. The van der Waals surface area contributed by atoms with Crippen molar-refractivity contribution >= 4 is 0 Å². The maximum absolute atomic E-state index is 9.53. The quantitative estimate of drug-likeness (QED) is 0.660. The van der Waals surface area contributed by atoms with Crippen LogP contribution in [0.1, 0.15) is 24.7 Å². The monoisotopic (exact) mass is 268 g/mol. The molecular formula is C14H24N2O3. The van der Waals surface area contributed by atoms with Crippen LogP contribution >= 0.6 is 0 Å². The van der Waals surface area contributed by atoms with Crippen molar-refractivity contribution in [3.63, 3.8) is 0 Å². The summed E-state index contributed by atoms with van der Waals surface area (Å²) < 4.78 is 10.6. The Hall–Kier alpha value is -1.17. The lowest BCUT2D eigenvalue weighted by molar-refractivity contribution is 0.103. The molecule has 0 fully saturated rings. The van der Waals surface area contributed by atoms with Gasteiger partial charge in [0.05, 0.1) is 18.4 Å². The molecule has 0 amide bonds. The van der Waals surface area contributed by atoms with Crippen LogP contribution in [-0.2, 0) is 11.3 Å². The van der Waals surface area contributed by atoms with Crippen molar-refractivity contribution in [2.24, 2.45) is 0 Å². The molecule has 0 aromatic carbocycles. The summed E-state index contributed by atoms with van der Waals surface area (Å²) in [5, 5.41) is 12.8. The molecule has 1 rings (SSSR count). The summed E-state index contributed by atoms with van der Waals surface area (Å²) in [7, 11) is 1.67. The van der Waals surface area contributed by atoms with Crippen molar-refractivity contribution in [2.45, 2.75) is 32.9 Å². The number of aromatic nitrogens is 1. The van der Waals surface area contributed by atoms with Crippen LogP contribution < -0.4 is 10.1 Å². The Bertz CT molecular complexity index is 372. The maximum atomic E-state index is 9.53. The lowest BCUT2D eigenvalue weighted by Gasteiger charge is -2.14. The second-order valence-electron chi connectivity index (χ2n) is 4.44. The van der Waals surface area contributed by atoms with Crippen LogP contribution in [0.25, 0.3) is 0 Å². The molecule has 1 aromatic rings. The first-order valence-corrected chi connectivity index (χ1v) is 6.64. The van der Waals surface area contributed by atoms with Gasteiger partial charge in [0, 0.05) is 25.9 Å². The minimum Gasteiger partial charge on any atom is -0.489 e. The summed E-state index contributed by atoms with van der Waals surface area (Å²) in [6.45, 7) is 6.23. The van der Waals surface area contributed by atoms with Crippen molar-refractivity contribution in [1.29, 1.82) is 0 Å². The number of aliphatic hydroxyl groups excluding tert-OH is 1. The van der Waals surface area contributed by atoms with E-state index in [0.29, 0.717) is 26.2 Å². The molecule has 108 valence electrons. The molecule has 1 atom stereocenters. The molecule has 0 spiro atoms. The zero-order chi connectivity index (χ0) is 14.1. The molecule has 0 aliphatic rings. The van der Waals surface area contributed by atoms with E-state index in [1.54, 1.807) is 7.11 Å². The number of methoxy groups -OCH3 is 1. The van der Waals surface area contributed by atoms with Crippen LogP contribution in [0.5, 0.6) is 5.75 Å². The zero-order valence-corrected chi connectivity index (χ0v) is 12.0. The van der Waals surface area contributed by atoms with Crippen LogP contribution in [0.3, 0.4) is 0 Å². The van der Waals surface area contributed by atoms with Gasteiger partial charge < -0.3 is 19.9 Å². The van der Waals surface area contributed by atoms with Gasteiger partial charge in [-0.2, -0.15) is 0 Å². The highest BCUT2D eigenvalue weighted by atomic mass is 16.5. The largest absolute Gasteiger partial charge is 0.489 e. The molecule has 5 heteroatoms. The van der Waals surface area contributed by atoms with Crippen LogP contribution in [0.2, 0.25) is 0 Å². The molecular weight excluding hydrogens is 244 g/mol. The van der Waals surface area contributed by atoms with Crippen molar-refractivity contribution in [1.82, 2.24) is 10.3 Å². The summed E-state index contributed by atoms with van der Waals surface area (Å²) in [6, 6.07) is 3.81. The summed E-state index contributed by atoms with van der Waals surface area (Å²) in [6.07, 6.45) is 0.247. The Morgan fingerprint density at radius 3 is 2.89 bits per heavy atom. The van der Waals surface area contributed by atoms with E-state index in [-0.39, 0.29) is 0 Å². The SMILES string of the molecule is CCC(O)COc1ccc(C)nc1CNCCOC. The topological polar surface area (TPSA) is 63.6 Å². The van der Waals surface area contributed by atoms with Crippen LogP contribution in [0.4, 0.5) is 0 Å². The van der Waals surface area contributed by atoms with Gasteiger partial charge in [-0.05, 0) is 25.5 Å². The lowest BCUT2D eigenvalue weighted by Crippen LogP contribution is -2.21. The third kappa shape index (κ3) is 6.00. The van der Waals surface area contributed by atoms with Gasteiger partial charge in [-0.25, -0.2) is 0 Å². The van der Waals surface area contributed by atoms with E-state index in [4.69, 9.17) is 9.47 Å². The number of nitrogens with zero attached hydrogens (tertiary/aromatic N) is 1. The molecule has 1 heterocycles. The standard InChI is InChI=1S/C14H24N2O3/c1-4-12(17)10-19-14-6-5-11(2)16-13(14)9-15-7-8-18-3/h5-6,12,15,17H,4,7-10H2,1-3H3. The van der Waals surface area contributed by atoms with Crippen molar-refractivity contribution in [3.8, 4) is 5.75 Å².